The number of pyridine rings is 1. The molecule has 1 aliphatic heterocycles. The zero-order valence-corrected chi connectivity index (χ0v) is 16.7. The highest BCUT2D eigenvalue weighted by Gasteiger charge is 2.10. The minimum atomic E-state index is -0.537. The number of nitrogens with one attached hydrogen (secondary N) is 3. The molecule has 0 bridgehead atoms. The van der Waals surface area contributed by atoms with Crippen molar-refractivity contribution in [3.05, 3.63) is 77.8 Å². The average molecular weight is 389 g/mol. The Labute approximate surface area is 171 Å². The highest BCUT2D eigenvalue weighted by atomic mass is 15.2. The fraction of sp³-hybridized carbons (Fsp3) is 0.261. The van der Waals surface area contributed by atoms with Gasteiger partial charge in [0.25, 0.3) is 0 Å². The Balaban J connectivity index is 1.44. The van der Waals surface area contributed by atoms with Gasteiger partial charge in [-0.3, -0.25) is 5.73 Å². The van der Waals surface area contributed by atoms with E-state index in [1.807, 2.05) is 18.2 Å². The zero-order chi connectivity index (χ0) is 20.1. The monoisotopic (exact) mass is 388 g/mol. The number of H-pyrrole nitrogens is 1. The topological polar surface area (TPSA) is 81.5 Å². The number of nitrogens with two attached hydrogens (primary N) is 1. The third kappa shape index (κ3) is 5.04. The number of nitrogens with zero attached hydrogens (tertiary/aromatic N) is 2. The van der Waals surface area contributed by atoms with E-state index in [0.29, 0.717) is 0 Å². The molecule has 3 aromatic rings. The molecule has 0 radical (unpaired) electrons. The molecule has 29 heavy (non-hydrogen) atoms. The molecule has 4 rings (SSSR count). The lowest BCUT2D eigenvalue weighted by molar-refractivity contribution is 0.589. The van der Waals surface area contributed by atoms with E-state index in [0.717, 1.165) is 48.6 Å². The largest absolute Gasteiger partial charge is 0.369 e. The fourth-order valence-electron chi connectivity index (χ4n) is 3.48. The number of anilines is 2. The summed E-state index contributed by atoms with van der Waals surface area (Å²) in [4.78, 5) is 10.3. The smallest absolute Gasteiger partial charge is 0.173 e. The van der Waals surface area contributed by atoms with Crippen molar-refractivity contribution in [2.24, 2.45) is 10.7 Å². The molecule has 2 heterocycles. The van der Waals surface area contributed by atoms with Crippen LogP contribution in [0.4, 0.5) is 11.4 Å². The molecule has 1 atom stereocenters. The van der Waals surface area contributed by atoms with Crippen molar-refractivity contribution >= 4 is 11.4 Å². The highest BCUT2D eigenvalue weighted by Crippen LogP contribution is 2.19. The van der Waals surface area contributed by atoms with Gasteiger partial charge in [0.2, 0.25) is 0 Å². The number of aromatic amines is 1. The van der Waals surface area contributed by atoms with Crippen LogP contribution in [-0.2, 0) is 0 Å². The van der Waals surface area contributed by atoms with Crippen molar-refractivity contribution < 1.29 is 0 Å². The van der Waals surface area contributed by atoms with Crippen molar-refractivity contribution in [3.8, 4) is 11.3 Å². The summed E-state index contributed by atoms with van der Waals surface area (Å²) in [7, 11) is 0. The first-order valence-corrected chi connectivity index (χ1v) is 10.1. The predicted octanol–water partition coefficient (Wildman–Crippen LogP) is 2.65. The molecule has 0 spiro atoms. The average Bonchev–Trinajstić information content (AvgIpc) is 2.75. The van der Waals surface area contributed by atoms with Gasteiger partial charge in [0.1, 0.15) is 5.49 Å². The summed E-state index contributed by atoms with van der Waals surface area (Å²) in [5.74, 6) is 0. The zero-order valence-electron chi connectivity index (χ0n) is 16.7. The molecule has 1 saturated heterocycles. The van der Waals surface area contributed by atoms with E-state index in [4.69, 9.17) is 5.73 Å². The fourth-order valence-corrected chi connectivity index (χ4v) is 3.48. The summed E-state index contributed by atoms with van der Waals surface area (Å²) in [5, 5.41) is 6.62. The van der Waals surface area contributed by atoms with Gasteiger partial charge in [0, 0.05) is 43.2 Å². The summed E-state index contributed by atoms with van der Waals surface area (Å²) in [6.07, 6.45) is -0.537. The van der Waals surface area contributed by atoms with Crippen molar-refractivity contribution in [2.45, 2.75) is 13.2 Å². The lowest BCUT2D eigenvalue weighted by Gasteiger charge is -2.29. The maximum atomic E-state index is 6.21. The molecule has 150 valence electrons. The molecule has 6 nitrogen and oxygen atoms in total. The SMILES string of the molecule is Cc1ccc(-c2ccc/c(=N/C(N)Nc3ccc(N4CCNCC4)cc3)[nH]2)cc1. The van der Waals surface area contributed by atoms with Crippen LogP contribution in [0.15, 0.2) is 71.7 Å². The van der Waals surface area contributed by atoms with E-state index in [9.17, 15) is 0 Å². The van der Waals surface area contributed by atoms with Crippen molar-refractivity contribution in [1.82, 2.24) is 10.3 Å². The molecule has 1 unspecified atom stereocenters. The third-order valence-corrected chi connectivity index (χ3v) is 5.08. The van der Waals surface area contributed by atoms with Crippen molar-refractivity contribution in [3.63, 3.8) is 0 Å². The van der Waals surface area contributed by atoms with Crippen LogP contribution < -0.4 is 26.8 Å². The summed E-state index contributed by atoms with van der Waals surface area (Å²) in [6, 6.07) is 22.7. The number of benzene rings is 2. The minimum absolute atomic E-state index is 0.537. The second-order valence-corrected chi connectivity index (χ2v) is 7.32. The van der Waals surface area contributed by atoms with Gasteiger partial charge in [-0.15, -0.1) is 0 Å². The first kappa shape index (κ1) is 19.2. The second-order valence-electron chi connectivity index (χ2n) is 7.32. The number of rotatable bonds is 5. The van der Waals surface area contributed by atoms with E-state index in [2.05, 4.69) is 81.0 Å². The lowest BCUT2D eigenvalue weighted by atomic mass is 10.1. The molecular weight excluding hydrogens is 360 g/mol. The maximum absolute atomic E-state index is 6.21. The normalized spacial score (nSPS) is 15.9. The quantitative estimate of drug-likeness (QED) is 0.507. The van der Waals surface area contributed by atoms with Gasteiger partial charge in [-0.05, 0) is 48.9 Å². The first-order chi connectivity index (χ1) is 14.2. The second kappa shape index (κ2) is 8.94. The van der Waals surface area contributed by atoms with E-state index >= 15 is 0 Å². The minimum Gasteiger partial charge on any atom is -0.369 e. The summed E-state index contributed by atoms with van der Waals surface area (Å²) >= 11 is 0. The molecule has 0 amide bonds. The van der Waals surface area contributed by atoms with Crippen LogP contribution in [0.5, 0.6) is 0 Å². The molecular formula is C23H28N6. The van der Waals surface area contributed by atoms with E-state index in [1.165, 1.54) is 11.3 Å². The highest BCUT2D eigenvalue weighted by molar-refractivity contribution is 5.59. The van der Waals surface area contributed by atoms with Crippen LogP contribution in [0.25, 0.3) is 11.3 Å². The molecule has 1 aromatic heterocycles. The maximum Gasteiger partial charge on any atom is 0.173 e. The number of aryl methyl sites for hydroxylation is 1. The number of aromatic nitrogens is 1. The standard InChI is InChI=1S/C23H28N6/c1-17-5-7-18(8-6-17)21-3-2-4-22(27-21)28-23(24)26-19-9-11-20(12-10-19)29-15-13-25-14-16-29/h2-12,23,25-26H,13-16,24H2,1H3,(H,27,28). The van der Waals surface area contributed by atoms with E-state index in [-0.39, 0.29) is 0 Å². The molecule has 5 N–H and O–H groups in total. The van der Waals surface area contributed by atoms with Crippen LogP contribution in [0.2, 0.25) is 0 Å². The Kier molecular flexibility index (Phi) is 5.93. The van der Waals surface area contributed by atoms with Gasteiger partial charge in [0.05, 0.1) is 0 Å². The first-order valence-electron chi connectivity index (χ1n) is 10.1. The van der Waals surface area contributed by atoms with Crippen LogP contribution >= 0.6 is 0 Å². The number of hydrogen-bond acceptors (Lipinski definition) is 5. The Morgan fingerprint density at radius 2 is 1.69 bits per heavy atom. The summed E-state index contributed by atoms with van der Waals surface area (Å²) < 4.78 is 0. The molecule has 0 saturated carbocycles. The van der Waals surface area contributed by atoms with Gasteiger partial charge in [0.15, 0.2) is 6.29 Å². The van der Waals surface area contributed by atoms with Gasteiger partial charge in [-0.1, -0.05) is 35.9 Å². The van der Waals surface area contributed by atoms with Gasteiger partial charge in [-0.25, -0.2) is 4.99 Å². The van der Waals surface area contributed by atoms with Crippen molar-refractivity contribution in [2.75, 3.05) is 36.4 Å². The van der Waals surface area contributed by atoms with Crippen LogP contribution in [0.3, 0.4) is 0 Å². The van der Waals surface area contributed by atoms with Gasteiger partial charge >= 0.3 is 0 Å². The van der Waals surface area contributed by atoms with Crippen LogP contribution in [-0.4, -0.2) is 37.5 Å². The van der Waals surface area contributed by atoms with Crippen LogP contribution in [0.1, 0.15) is 5.56 Å². The van der Waals surface area contributed by atoms with Gasteiger partial charge in [-0.2, -0.15) is 0 Å². The Bertz CT molecular complexity index is 985. The van der Waals surface area contributed by atoms with Gasteiger partial charge < -0.3 is 20.5 Å². The van der Waals surface area contributed by atoms with E-state index in [1.54, 1.807) is 0 Å². The Morgan fingerprint density at radius 1 is 0.966 bits per heavy atom. The number of hydrogen-bond donors (Lipinski definition) is 4. The lowest BCUT2D eigenvalue weighted by Crippen LogP contribution is -2.43. The Hall–Kier alpha value is -3.09. The number of piperazine rings is 1. The molecule has 1 aliphatic rings. The molecule has 0 aliphatic carbocycles. The molecule has 1 fully saturated rings. The molecule has 6 heteroatoms. The molecule has 2 aromatic carbocycles. The summed E-state index contributed by atoms with van der Waals surface area (Å²) in [5.41, 5.74) is 12.5. The Morgan fingerprint density at radius 3 is 2.41 bits per heavy atom. The third-order valence-electron chi connectivity index (χ3n) is 5.08. The van der Waals surface area contributed by atoms with E-state index < -0.39 is 6.29 Å². The summed E-state index contributed by atoms with van der Waals surface area (Å²) in [6.45, 7) is 6.22. The van der Waals surface area contributed by atoms with Crippen LogP contribution in [0, 0.1) is 6.92 Å². The predicted molar refractivity (Wildman–Crippen MR) is 120 cm³/mol. The van der Waals surface area contributed by atoms with Crippen molar-refractivity contribution in [1.29, 1.82) is 0 Å².